The average molecular weight is 449 g/mol. The number of para-hydroxylation sites is 1. The van der Waals surface area contributed by atoms with Crippen LogP contribution in [0.25, 0.3) is 0 Å². The largest absolute Gasteiger partial charge is 0.444 e. The first-order valence-corrected chi connectivity index (χ1v) is 12.9. The topological polar surface area (TPSA) is 29.5 Å². The number of benzene rings is 4. The van der Waals surface area contributed by atoms with Crippen molar-refractivity contribution >= 4 is 31.0 Å². The van der Waals surface area contributed by atoms with E-state index in [4.69, 9.17) is 4.74 Å². The van der Waals surface area contributed by atoms with E-state index < -0.39 is 8.80 Å². The van der Waals surface area contributed by atoms with Crippen molar-refractivity contribution in [2.45, 2.75) is 18.6 Å². The van der Waals surface area contributed by atoms with Crippen LogP contribution in [0.1, 0.15) is 23.1 Å². The molecule has 1 aliphatic heterocycles. The molecule has 0 aromatic heterocycles. The van der Waals surface area contributed by atoms with E-state index in [1.807, 2.05) is 41.3 Å². The van der Waals surface area contributed by atoms with Crippen molar-refractivity contribution in [2.24, 2.45) is 0 Å². The molecule has 0 aliphatic carbocycles. The van der Waals surface area contributed by atoms with Crippen LogP contribution < -0.4 is 15.3 Å². The van der Waals surface area contributed by atoms with Crippen molar-refractivity contribution in [1.82, 2.24) is 0 Å². The van der Waals surface area contributed by atoms with Crippen LogP contribution in [-0.4, -0.2) is 21.4 Å². The monoisotopic (exact) mass is 448 g/mol. The van der Waals surface area contributed by atoms with Gasteiger partial charge in [0.25, 0.3) is 0 Å². The molecule has 0 N–H and O–H groups in total. The molecule has 1 heterocycles. The second kappa shape index (κ2) is 9.88. The zero-order valence-corrected chi connectivity index (χ0v) is 19.4. The van der Waals surface area contributed by atoms with Gasteiger partial charge in [-0.15, -0.1) is 0 Å². The fraction of sp³-hybridized carbons (Fsp3) is 0.138. The summed E-state index contributed by atoms with van der Waals surface area (Å²) < 4.78 is 5.68. The fourth-order valence-corrected chi connectivity index (χ4v) is 7.87. The lowest BCUT2D eigenvalue weighted by molar-refractivity contribution is 0.146. The molecule has 4 aromatic carbocycles. The fourth-order valence-electron chi connectivity index (χ4n) is 4.65. The third-order valence-corrected chi connectivity index (χ3v) is 9.40. The van der Waals surface area contributed by atoms with Crippen molar-refractivity contribution in [3.63, 3.8) is 0 Å². The lowest BCUT2D eigenvalue weighted by Gasteiger charge is -2.37. The van der Waals surface area contributed by atoms with Gasteiger partial charge in [0.1, 0.15) is 15.4 Å². The van der Waals surface area contributed by atoms with Crippen molar-refractivity contribution in [3.05, 3.63) is 126 Å². The minimum Gasteiger partial charge on any atom is -0.444 e. The number of hydrogen-bond acceptors (Lipinski definition) is 2. The summed E-state index contributed by atoms with van der Waals surface area (Å²) in [5.74, 6) is 0. The number of carbonyl (C=O) groups is 1. The van der Waals surface area contributed by atoms with Gasteiger partial charge in [-0.1, -0.05) is 120 Å². The molecule has 163 valence electrons. The van der Waals surface area contributed by atoms with Crippen molar-refractivity contribution in [3.8, 4) is 0 Å². The lowest BCUT2D eigenvalue weighted by Crippen LogP contribution is -2.50. The molecule has 1 aliphatic rings. The third-order valence-electron chi connectivity index (χ3n) is 6.19. The first-order chi connectivity index (χ1) is 16.3. The molecule has 1 radical (unpaired) electrons. The zero-order chi connectivity index (χ0) is 22.5. The van der Waals surface area contributed by atoms with Gasteiger partial charge in [0, 0.05) is 6.54 Å². The third kappa shape index (κ3) is 4.62. The molecule has 0 bridgehead atoms. The summed E-state index contributed by atoms with van der Waals surface area (Å²) in [6.07, 6.45) is 0.633. The van der Waals surface area contributed by atoms with Gasteiger partial charge in [-0.2, -0.15) is 0 Å². The van der Waals surface area contributed by atoms with E-state index in [9.17, 15) is 4.79 Å². The maximum absolute atomic E-state index is 13.1. The number of carbonyl (C=O) groups excluding carboxylic acids is 1. The van der Waals surface area contributed by atoms with E-state index in [1.165, 1.54) is 15.9 Å². The molecule has 1 amide bonds. The van der Waals surface area contributed by atoms with E-state index in [0.717, 1.165) is 17.7 Å². The summed E-state index contributed by atoms with van der Waals surface area (Å²) in [4.78, 5) is 14.9. The lowest BCUT2D eigenvalue weighted by atomic mass is 10.0. The first kappa shape index (κ1) is 21.2. The van der Waals surface area contributed by atoms with Gasteiger partial charge in [-0.3, -0.25) is 4.90 Å². The molecule has 4 aromatic rings. The summed E-state index contributed by atoms with van der Waals surface area (Å²) in [5, 5.41) is 2.79. The Morgan fingerprint density at radius 2 is 1.30 bits per heavy atom. The van der Waals surface area contributed by atoms with Gasteiger partial charge in [0.15, 0.2) is 0 Å². The smallest absolute Gasteiger partial charge is 0.414 e. The van der Waals surface area contributed by atoms with Gasteiger partial charge in [0.05, 0.1) is 5.69 Å². The van der Waals surface area contributed by atoms with E-state index >= 15 is 0 Å². The molecule has 3 nitrogen and oxygen atoms in total. The summed E-state index contributed by atoms with van der Waals surface area (Å²) >= 11 is 0. The highest BCUT2D eigenvalue weighted by molar-refractivity contribution is 6.86. The Balaban J connectivity index is 1.46. The van der Waals surface area contributed by atoms with Gasteiger partial charge in [0.2, 0.25) is 0 Å². The molecule has 1 atom stereocenters. The van der Waals surface area contributed by atoms with E-state index in [0.29, 0.717) is 12.1 Å². The first-order valence-electron chi connectivity index (χ1n) is 11.4. The maximum atomic E-state index is 13.1. The molecule has 0 saturated carbocycles. The predicted molar refractivity (Wildman–Crippen MR) is 136 cm³/mol. The SMILES string of the molecule is O=C(OCc1ccccc1)N1CC[C@@H]([Si](c2ccccc2)c2ccccc2)c2ccccc21. The number of rotatable bonds is 5. The van der Waals surface area contributed by atoms with Crippen LogP contribution in [0, 0.1) is 0 Å². The zero-order valence-electron chi connectivity index (χ0n) is 18.4. The molecule has 0 spiro atoms. The molecule has 5 rings (SSSR count). The quantitative estimate of drug-likeness (QED) is 0.395. The highest BCUT2D eigenvalue weighted by Gasteiger charge is 2.36. The minimum atomic E-state index is -1.09. The Bertz CT molecular complexity index is 1160. The molecule has 0 saturated heterocycles. The Labute approximate surface area is 196 Å². The van der Waals surface area contributed by atoms with Gasteiger partial charge in [-0.25, -0.2) is 4.79 Å². The Morgan fingerprint density at radius 1 is 0.758 bits per heavy atom. The Morgan fingerprint density at radius 3 is 1.94 bits per heavy atom. The van der Waals surface area contributed by atoms with Gasteiger partial charge >= 0.3 is 6.09 Å². The number of nitrogens with zero attached hydrogens (tertiary/aromatic N) is 1. The number of fused-ring (bicyclic) bond motifs is 1. The van der Waals surface area contributed by atoms with E-state index in [2.05, 4.69) is 78.9 Å². The molecule has 4 heteroatoms. The number of amides is 1. The molecular weight excluding hydrogens is 422 g/mol. The summed E-state index contributed by atoms with van der Waals surface area (Å²) in [6.45, 7) is 0.938. The second-order valence-corrected chi connectivity index (χ2v) is 10.9. The van der Waals surface area contributed by atoms with Crippen LogP contribution in [-0.2, 0) is 11.3 Å². The van der Waals surface area contributed by atoms with Gasteiger partial charge < -0.3 is 4.74 Å². The highest BCUT2D eigenvalue weighted by Crippen LogP contribution is 2.37. The van der Waals surface area contributed by atoms with Crippen LogP contribution in [0.3, 0.4) is 0 Å². The average Bonchev–Trinajstić information content (AvgIpc) is 2.89. The molecule has 0 fully saturated rings. The normalized spacial score (nSPS) is 15.2. The number of ether oxygens (including phenoxy) is 1. The Kier molecular flexibility index (Phi) is 6.36. The van der Waals surface area contributed by atoms with Crippen LogP contribution >= 0.6 is 0 Å². The van der Waals surface area contributed by atoms with Crippen LogP contribution in [0.5, 0.6) is 0 Å². The maximum Gasteiger partial charge on any atom is 0.414 e. The number of hydrogen-bond donors (Lipinski definition) is 0. The Hall–Kier alpha value is -3.63. The number of anilines is 1. The standard InChI is InChI=1S/C29H26NO2Si/c31-29(32-22-23-12-4-1-5-13-23)30-21-20-28(26-18-10-11-19-27(26)30)33(24-14-6-2-7-15-24)25-16-8-3-9-17-25/h1-19,28H,20-22H2/t28-/m1/s1. The summed E-state index contributed by atoms with van der Waals surface area (Å²) in [5.41, 5.74) is 3.57. The predicted octanol–water partition coefficient (Wildman–Crippen LogP) is 5.17. The second-order valence-electron chi connectivity index (χ2n) is 8.24. The van der Waals surface area contributed by atoms with Crippen LogP contribution in [0.15, 0.2) is 115 Å². The molecule has 0 unspecified atom stereocenters. The van der Waals surface area contributed by atoms with Crippen LogP contribution in [0.2, 0.25) is 0 Å². The molecular formula is C29H26NO2Si. The van der Waals surface area contributed by atoms with Crippen molar-refractivity contribution < 1.29 is 9.53 Å². The van der Waals surface area contributed by atoms with Gasteiger partial charge in [-0.05, 0) is 29.2 Å². The summed E-state index contributed by atoms with van der Waals surface area (Å²) in [7, 11) is -1.09. The van der Waals surface area contributed by atoms with E-state index in [1.54, 1.807) is 0 Å². The van der Waals surface area contributed by atoms with Crippen molar-refractivity contribution in [1.29, 1.82) is 0 Å². The van der Waals surface area contributed by atoms with Crippen molar-refractivity contribution in [2.75, 3.05) is 11.4 Å². The van der Waals surface area contributed by atoms with E-state index in [-0.39, 0.29) is 12.7 Å². The highest BCUT2D eigenvalue weighted by atomic mass is 28.3. The molecule has 33 heavy (non-hydrogen) atoms. The minimum absolute atomic E-state index is 0.280. The summed E-state index contributed by atoms with van der Waals surface area (Å²) in [6, 6.07) is 39.9. The van der Waals surface area contributed by atoms with Crippen LogP contribution in [0.4, 0.5) is 10.5 Å².